The first-order chi connectivity index (χ1) is 27.7. The van der Waals surface area contributed by atoms with Crippen molar-refractivity contribution in [3.05, 3.63) is 181 Å². The molecule has 2 aromatic heterocycles. The van der Waals surface area contributed by atoms with Crippen LogP contribution in [0, 0.1) is 13.8 Å². The largest absolute Gasteiger partial charge is 0.744 e. The molecule has 0 unspecified atom stereocenters. The van der Waals surface area contributed by atoms with Gasteiger partial charge in [-0.25, -0.2) is 21.4 Å². The molecular weight excluding hydrogens is 813 g/mol. The molecule has 0 radical (unpaired) electrons. The van der Waals surface area contributed by atoms with E-state index in [0.717, 1.165) is 45.9 Å². The molecule has 6 rings (SSSR count). The van der Waals surface area contributed by atoms with Crippen molar-refractivity contribution in [3.8, 4) is 0 Å². The molecule has 0 saturated heterocycles. The molecule has 0 N–H and O–H groups in total. The highest BCUT2D eigenvalue weighted by molar-refractivity contribution is 8.74. The van der Waals surface area contributed by atoms with Crippen LogP contribution in [-0.4, -0.2) is 58.2 Å². The van der Waals surface area contributed by atoms with Crippen LogP contribution >= 0.6 is 21.8 Å². The first kappa shape index (κ1) is 45.3. The number of hydrogen-bond donors (Lipinski definition) is 0. The fourth-order valence-corrected chi connectivity index (χ4v) is 7.39. The first-order valence-electron chi connectivity index (χ1n) is 17.7. The fourth-order valence-electron chi connectivity index (χ4n) is 4.64. The van der Waals surface area contributed by atoms with Gasteiger partial charge in [0.15, 0.2) is 31.3 Å². The third-order valence-corrected chi connectivity index (χ3v) is 11.9. The van der Waals surface area contributed by atoms with Gasteiger partial charge in [-0.2, -0.15) is 10.2 Å². The smallest absolute Gasteiger partial charge is 0.238 e. The normalized spacial score (nSPS) is 11.3. The van der Waals surface area contributed by atoms with Crippen LogP contribution in [-0.2, 0) is 26.8 Å². The van der Waals surface area contributed by atoms with E-state index in [-0.39, 0.29) is 9.79 Å². The minimum Gasteiger partial charge on any atom is -0.744 e. The van der Waals surface area contributed by atoms with Crippen molar-refractivity contribution >= 4 is 65.8 Å². The van der Waals surface area contributed by atoms with Crippen molar-refractivity contribution in [1.82, 2.24) is 0 Å². The van der Waals surface area contributed by atoms with Gasteiger partial charge in [0.05, 0.1) is 39.3 Å². The van der Waals surface area contributed by atoms with Gasteiger partial charge < -0.3 is 9.11 Å². The highest BCUT2D eigenvalue weighted by atomic mass is 33.1. The first-order valence-corrected chi connectivity index (χ1v) is 22.8. The van der Waals surface area contributed by atoms with Crippen molar-refractivity contribution in [2.24, 2.45) is 10.2 Å². The van der Waals surface area contributed by atoms with Gasteiger partial charge in [0.25, 0.3) is 0 Å². The number of pyridine rings is 2. The van der Waals surface area contributed by atoms with E-state index < -0.39 is 20.2 Å². The van der Waals surface area contributed by atoms with Crippen molar-refractivity contribution < 1.29 is 34.5 Å². The molecule has 0 spiro atoms. The van der Waals surface area contributed by atoms with Crippen molar-refractivity contribution in [2.45, 2.75) is 30.2 Å². The second-order valence-electron chi connectivity index (χ2n) is 12.5. The summed E-state index contributed by atoms with van der Waals surface area (Å²) in [7, 11) is -1.09. The molecule has 0 atom stereocenters. The number of aryl methyl sites for hydroxylation is 3. The summed E-state index contributed by atoms with van der Waals surface area (Å²) in [5.74, 6) is 0.998. The number of hydrogen-bond acceptors (Lipinski definition) is 12. The average Bonchev–Trinajstić information content (AvgIpc) is 3.22. The molecule has 6 aromatic rings. The molecule has 302 valence electrons. The van der Waals surface area contributed by atoms with E-state index in [4.69, 9.17) is 0 Å². The maximum atomic E-state index is 10.4. The summed E-state index contributed by atoms with van der Waals surface area (Å²) >= 11 is 0. The van der Waals surface area contributed by atoms with Gasteiger partial charge in [0, 0.05) is 49.5 Å². The molecule has 0 aliphatic carbocycles. The van der Waals surface area contributed by atoms with Crippen LogP contribution < -0.4 is 18.6 Å². The zero-order valence-electron chi connectivity index (χ0n) is 32.3. The molecule has 0 saturated carbocycles. The Bertz CT molecular complexity index is 2250. The zero-order valence-corrected chi connectivity index (χ0v) is 35.6. The highest BCUT2D eigenvalue weighted by Crippen LogP contribution is 2.17. The summed E-state index contributed by atoms with van der Waals surface area (Å²) in [6, 6.07) is 40.1. The quantitative estimate of drug-likeness (QED) is 0.0301. The van der Waals surface area contributed by atoms with Gasteiger partial charge >= 0.3 is 0 Å². The van der Waals surface area contributed by atoms with Crippen molar-refractivity contribution in [2.75, 3.05) is 29.9 Å². The second kappa shape index (κ2) is 22.5. The van der Waals surface area contributed by atoms with Crippen LogP contribution in [0.25, 0.3) is 0 Å². The van der Waals surface area contributed by atoms with Gasteiger partial charge in [-0.15, -0.1) is 3.97 Å². The van der Waals surface area contributed by atoms with Gasteiger partial charge in [-0.1, -0.05) is 71.8 Å². The molecule has 0 aliphatic rings. The number of hydrazone groups is 2. The standard InChI is InChI=1S/C28H30N6S2.2C7H8O3S/c1-31(27-9-5-3-6-10-27)29-23-25-13-17-33(18-14-25)21-22-35-36-34-19-15-26(16-20-34)24-30-32(2)28-11-7-4-8-12-28;2*1-6-2-4-7(5-3-6)11(8,9)10/h3-20,23-24H,21-22H2,1-2H3;2*2-5H,1H3,(H,8,9,10)/q+2;;/p-2. The summed E-state index contributed by atoms with van der Waals surface area (Å²) in [4.78, 5) is -0.355. The topological polar surface area (TPSA) is 153 Å². The van der Waals surface area contributed by atoms with Gasteiger partial charge in [0.2, 0.25) is 11.0 Å². The molecule has 58 heavy (non-hydrogen) atoms. The molecule has 0 fully saturated rings. The third-order valence-electron chi connectivity index (χ3n) is 7.96. The lowest BCUT2D eigenvalue weighted by Gasteiger charge is -2.11. The monoisotopic (exact) mass is 856 g/mol. The van der Waals surface area contributed by atoms with Gasteiger partial charge in [-0.05, 0) is 73.2 Å². The van der Waals surface area contributed by atoms with Crippen LogP contribution in [0.5, 0.6) is 0 Å². The molecular formula is C42H44N6O6S4. The van der Waals surface area contributed by atoms with Crippen molar-refractivity contribution in [3.63, 3.8) is 0 Å². The minimum atomic E-state index is -4.27. The molecule has 0 aliphatic heterocycles. The molecule has 12 nitrogen and oxygen atoms in total. The Balaban J connectivity index is 0.000000273. The Morgan fingerprint density at radius 1 is 0.569 bits per heavy atom. The third kappa shape index (κ3) is 16.2. The van der Waals surface area contributed by atoms with Crippen LogP contribution in [0.3, 0.4) is 0 Å². The highest BCUT2D eigenvalue weighted by Gasteiger charge is 2.07. The van der Waals surface area contributed by atoms with Gasteiger partial charge in [0.1, 0.15) is 20.2 Å². The number of para-hydroxylation sites is 2. The lowest BCUT2D eigenvalue weighted by Crippen LogP contribution is -2.34. The molecule has 2 heterocycles. The number of anilines is 2. The number of nitrogens with zero attached hydrogens (tertiary/aromatic N) is 6. The lowest BCUT2D eigenvalue weighted by molar-refractivity contribution is -0.692. The minimum absolute atomic E-state index is 0.178. The Hall–Kier alpha value is -5.36. The Kier molecular flexibility index (Phi) is 17.6. The predicted octanol–water partition coefficient (Wildman–Crippen LogP) is 6.85. The summed E-state index contributed by atoms with van der Waals surface area (Å²) in [5, 5.41) is 12.8. The van der Waals surface area contributed by atoms with E-state index in [1.807, 2.05) is 122 Å². The second-order valence-corrected chi connectivity index (χ2v) is 17.6. The summed E-state index contributed by atoms with van der Waals surface area (Å²) in [6.45, 7) is 4.58. The fraction of sp³-hybridized carbons (Fsp3) is 0.143. The van der Waals surface area contributed by atoms with Gasteiger partial charge in [-0.3, -0.25) is 10.0 Å². The molecule has 16 heteroatoms. The van der Waals surface area contributed by atoms with Crippen molar-refractivity contribution in [1.29, 1.82) is 0 Å². The summed E-state index contributed by atoms with van der Waals surface area (Å²) in [6.07, 6.45) is 12.1. The summed E-state index contributed by atoms with van der Waals surface area (Å²) < 4.78 is 66.6. The zero-order chi connectivity index (χ0) is 42.0. The predicted molar refractivity (Wildman–Crippen MR) is 232 cm³/mol. The van der Waals surface area contributed by atoms with E-state index in [1.54, 1.807) is 35.2 Å². The molecule has 0 amide bonds. The Morgan fingerprint density at radius 3 is 1.33 bits per heavy atom. The van der Waals surface area contributed by atoms with E-state index in [0.29, 0.717) is 0 Å². The number of rotatable bonds is 13. The number of benzene rings is 4. The maximum Gasteiger partial charge on any atom is 0.238 e. The van der Waals surface area contributed by atoms with E-state index in [1.165, 1.54) is 24.3 Å². The lowest BCUT2D eigenvalue weighted by atomic mass is 10.2. The van der Waals surface area contributed by atoms with E-state index >= 15 is 0 Å². The SMILES string of the molecule is CN(/N=C/c1cc[n+](CCSS[n+]2ccc(/C=N/N(C)c3ccccc3)cc2)cc1)c1ccccc1.Cc1ccc(S(=O)(=O)[O-])cc1.Cc1ccc(S(=O)(=O)[O-])cc1. The van der Waals surface area contributed by atoms with Crippen LogP contribution in [0.2, 0.25) is 0 Å². The van der Waals surface area contributed by atoms with Crippen LogP contribution in [0.1, 0.15) is 22.3 Å². The van der Waals surface area contributed by atoms with Crippen LogP contribution in [0.15, 0.2) is 178 Å². The summed E-state index contributed by atoms with van der Waals surface area (Å²) in [5.41, 5.74) is 6.11. The number of aromatic nitrogens is 2. The van der Waals surface area contributed by atoms with E-state index in [2.05, 4.69) is 67.8 Å². The molecule has 0 bridgehead atoms. The Labute approximate surface area is 349 Å². The van der Waals surface area contributed by atoms with Crippen LogP contribution in [0.4, 0.5) is 11.4 Å². The molecule has 4 aromatic carbocycles. The Morgan fingerprint density at radius 2 is 0.948 bits per heavy atom. The maximum absolute atomic E-state index is 10.4. The van der Waals surface area contributed by atoms with E-state index in [9.17, 15) is 25.9 Å². The average molecular weight is 857 g/mol.